The van der Waals surface area contributed by atoms with Gasteiger partial charge >= 0.3 is 0 Å². The predicted molar refractivity (Wildman–Crippen MR) is 156 cm³/mol. The third-order valence-electron chi connectivity index (χ3n) is 4.48. The van der Waals surface area contributed by atoms with Crippen molar-refractivity contribution >= 4 is 33.0 Å². The Morgan fingerprint density at radius 2 is 1.16 bits per heavy atom. The molecule has 0 bridgehead atoms. The van der Waals surface area contributed by atoms with Crippen molar-refractivity contribution in [2.75, 3.05) is 44.3 Å². The lowest BCUT2D eigenvalue weighted by Gasteiger charge is -2.05. The van der Waals surface area contributed by atoms with Gasteiger partial charge in [-0.05, 0) is 24.3 Å². The van der Waals surface area contributed by atoms with Crippen LogP contribution in [-0.2, 0) is 0 Å². The molecule has 3 aromatic rings. The van der Waals surface area contributed by atoms with Crippen molar-refractivity contribution in [3.63, 3.8) is 0 Å². The van der Waals surface area contributed by atoms with E-state index >= 15 is 0 Å². The smallest absolute Gasteiger partial charge is 0.273 e. The van der Waals surface area contributed by atoms with Crippen LogP contribution < -0.4 is 15.2 Å². The van der Waals surface area contributed by atoms with Gasteiger partial charge in [0.25, 0.3) is 11.4 Å². The molecule has 0 aliphatic heterocycles. The summed E-state index contributed by atoms with van der Waals surface area (Å²) >= 11 is 2.87. The van der Waals surface area contributed by atoms with E-state index in [2.05, 4.69) is 15.9 Å². The third-order valence-corrected chi connectivity index (χ3v) is 4.78. The number of benzene rings is 3. The Kier molecular flexibility index (Phi) is 19.2. The molecule has 0 aromatic heterocycles. The van der Waals surface area contributed by atoms with Crippen LogP contribution in [0.4, 0.5) is 30.2 Å². The molecule has 0 atom stereocenters. The van der Waals surface area contributed by atoms with Crippen molar-refractivity contribution in [3.8, 4) is 35.5 Å². The Bertz CT molecular complexity index is 1510. The van der Waals surface area contributed by atoms with Crippen molar-refractivity contribution in [1.29, 1.82) is 15.8 Å². The highest BCUT2D eigenvalue weighted by Crippen LogP contribution is 2.24. The van der Waals surface area contributed by atoms with E-state index in [0.717, 1.165) is 18.2 Å². The standard InChI is InChI=1S/C9H7FN2O3.C9H9FN2O.C7H4N2O3.C2H4BrF/c10-3-4-15-9-5-8(12(13)14)2-1-7(9)6-11;10-3-4-13-9-5-8(12)2-1-7(9)6-11;8-4-5-1-2-6(9(11)12)3-7(5)10;3-1-2-4/h1-2,5H,3-4H2;1-2,5H,3-4,12H2;1-3,10H;1-2H2. The average molecular weight is 681 g/mol. The topological polar surface area (TPSA) is 222 Å². The molecule has 0 aliphatic rings. The van der Waals surface area contributed by atoms with Gasteiger partial charge in [0.05, 0.1) is 45.3 Å². The highest BCUT2D eigenvalue weighted by atomic mass is 79.9. The normalized spacial score (nSPS) is 9.02. The minimum atomic E-state index is -0.715. The number of aromatic hydroxyl groups is 1. The molecule has 3 aromatic carbocycles. The first-order chi connectivity index (χ1) is 21.0. The fourth-order valence-corrected chi connectivity index (χ4v) is 2.61. The number of phenols is 1. The van der Waals surface area contributed by atoms with Crippen LogP contribution in [0.15, 0.2) is 54.6 Å². The first kappa shape index (κ1) is 38.4. The van der Waals surface area contributed by atoms with Gasteiger partial charge in [-0.15, -0.1) is 0 Å². The van der Waals surface area contributed by atoms with Gasteiger partial charge in [0.15, 0.2) is 0 Å². The van der Waals surface area contributed by atoms with Crippen molar-refractivity contribution in [2.24, 2.45) is 0 Å². The molecule has 3 rings (SSSR count). The SMILES string of the molecule is FCCBr.N#Cc1ccc(N)cc1OCCF.N#Cc1ccc([N+](=O)[O-])cc1O.N#Cc1ccc([N+](=O)[O-])cc1OCCF. The van der Waals surface area contributed by atoms with Gasteiger partial charge in [-0.3, -0.25) is 24.6 Å². The molecule has 0 fully saturated rings. The summed E-state index contributed by atoms with van der Waals surface area (Å²) in [6.45, 7) is -1.85. The summed E-state index contributed by atoms with van der Waals surface area (Å²) in [4.78, 5) is 19.3. The Morgan fingerprint density at radius 1 is 0.750 bits per heavy atom. The highest BCUT2D eigenvalue weighted by molar-refractivity contribution is 9.09. The number of nitrogens with zero attached hydrogens (tertiary/aromatic N) is 5. The maximum atomic E-state index is 11.8. The number of phenolic OH excluding ortho intramolecular Hbond substituents is 1. The number of nitro benzene ring substituents is 2. The molecule has 232 valence electrons. The van der Waals surface area contributed by atoms with E-state index in [1.807, 2.05) is 6.07 Å². The van der Waals surface area contributed by atoms with Gasteiger partial charge in [-0.25, -0.2) is 8.78 Å². The van der Waals surface area contributed by atoms with Crippen molar-refractivity contribution in [3.05, 3.63) is 91.5 Å². The summed E-state index contributed by atoms with van der Waals surface area (Å²) < 4.78 is 44.1. The fraction of sp³-hybridized carbons (Fsp3) is 0.222. The largest absolute Gasteiger partial charge is 0.506 e. The fourth-order valence-electron chi connectivity index (χ4n) is 2.61. The van der Waals surface area contributed by atoms with Crippen molar-refractivity contribution in [2.45, 2.75) is 0 Å². The van der Waals surface area contributed by atoms with Crippen LogP contribution in [0.25, 0.3) is 0 Å². The van der Waals surface area contributed by atoms with Crippen LogP contribution in [0.5, 0.6) is 17.2 Å². The second-order valence-electron chi connectivity index (χ2n) is 7.44. The van der Waals surface area contributed by atoms with Gasteiger partial charge in [-0.1, -0.05) is 15.9 Å². The second kappa shape index (κ2) is 22.1. The van der Waals surface area contributed by atoms with Crippen molar-refractivity contribution < 1.29 is 37.6 Å². The number of hydrogen-bond acceptors (Lipinski definition) is 11. The van der Waals surface area contributed by atoms with Crippen LogP contribution >= 0.6 is 15.9 Å². The van der Waals surface area contributed by atoms with Gasteiger partial charge < -0.3 is 20.3 Å². The molecule has 0 unspecified atom stereocenters. The Labute approximate surface area is 257 Å². The van der Waals surface area contributed by atoms with Crippen molar-refractivity contribution in [1.82, 2.24) is 0 Å². The number of nitrogens with two attached hydrogens (primary N) is 1. The van der Waals surface area contributed by atoms with E-state index in [1.54, 1.807) is 24.3 Å². The number of hydrogen-bond donors (Lipinski definition) is 2. The molecule has 0 radical (unpaired) electrons. The molecule has 13 nitrogen and oxygen atoms in total. The highest BCUT2D eigenvalue weighted by Gasteiger charge is 2.11. The molecule has 0 amide bonds. The summed E-state index contributed by atoms with van der Waals surface area (Å²) in [5, 5.41) is 55.7. The maximum Gasteiger partial charge on any atom is 0.273 e. The van der Waals surface area contributed by atoms with Crippen LogP contribution in [0.1, 0.15) is 16.7 Å². The van der Waals surface area contributed by atoms with Crippen LogP contribution in [0, 0.1) is 54.2 Å². The summed E-state index contributed by atoms with van der Waals surface area (Å²) in [6.07, 6.45) is 0. The number of alkyl halides is 4. The Balaban J connectivity index is 0.000000596. The number of ether oxygens (including phenoxy) is 2. The van der Waals surface area contributed by atoms with E-state index in [0.29, 0.717) is 22.3 Å². The number of nitro groups is 2. The quantitative estimate of drug-likeness (QED) is 0.118. The lowest BCUT2D eigenvalue weighted by molar-refractivity contribution is -0.385. The average Bonchev–Trinajstić information content (AvgIpc) is 3.03. The second-order valence-corrected chi connectivity index (χ2v) is 8.23. The lowest BCUT2D eigenvalue weighted by atomic mass is 10.2. The van der Waals surface area contributed by atoms with Crippen LogP contribution in [0.3, 0.4) is 0 Å². The number of rotatable bonds is 9. The Hall–Kier alpha value is -5.60. The van der Waals surface area contributed by atoms with E-state index < -0.39 is 23.2 Å². The molecule has 0 aliphatic carbocycles. The number of anilines is 1. The molecular formula is C27H24BrF3N6O7. The van der Waals surface area contributed by atoms with Gasteiger partial charge in [0.1, 0.15) is 62.0 Å². The minimum absolute atomic E-state index is 0.0283. The molecule has 0 saturated carbocycles. The molecule has 44 heavy (non-hydrogen) atoms. The number of nitriles is 3. The lowest BCUT2D eigenvalue weighted by Crippen LogP contribution is -2.01. The van der Waals surface area contributed by atoms with Gasteiger partial charge in [0, 0.05) is 29.2 Å². The first-order valence-electron chi connectivity index (χ1n) is 11.9. The molecule has 0 spiro atoms. The number of non-ortho nitro benzene ring substituents is 2. The number of halogens is 4. The minimum Gasteiger partial charge on any atom is -0.506 e. The van der Waals surface area contributed by atoms with E-state index in [-0.39, 0.29) is 53.9 Å². The summed E-state index contributed by atoms with van der Waals surface area (Å²) in [5.74, 6) is -0.00352. The monoisotopic (exact) mass is 680 g/mol. The van der Waals surface area contributed by atoms with E-state index in [4.69, 9.17) is 36.1 Å². The summed E-state index contributed by atoms with van der Waals surface area (Å²) in [6, 6.07) is 16.9. The zero-order chi connectivity index (χ0) is 33.5. The number of nitrogen functional groups attached to an aromatic ring is 1. The maximum absolute atomic E-state index is 11.8. The molecular weight excluding hydrogens is 657 g/mol. The molecule has 17 heteroatoms. The van der Waals surface area contributed by atoms with Crippen LogP contribution in [0.2, 0.25) is 0 Å². The zero-order valence-electron chi connectivity index (χ0n) is 22.7. The third kappa shape index (κ3) is 14.3. The summed E-state index contributed by atoms with van der Waals surface area (Å²) in [7, 11) is 0. The predicted octanol–water partition coefficient (Wildman–Crippen LogP) is 5.83. The van der Waals surface area contributed by atoms with Gasteiger partial charge in [0.2, 0.25) is 0 Å². The summed E-state index contributed by atoms with van der Waals surface area (Å²) in [5.41, 5.74) is 6.08. The Morgan fingerprint density at radius 3 is 1.55 bits per heavy atom. The zero-order valence-corrected chi connectivity index (χ0v) is 24.2. The molecule has 0 heterocycles. The molecule has 0 saturated heterocycles. The van der Waals surface area contributed by atoms with Crippen LogP contribution in [-0.4, -0.2) is 53.5 Å². The van der Waals surface area contributed by atoms with E-state index in [1.165, 1.54) is 24.3 Å². The molecule has 3 N–H and O–H groups in total. The van der Waals surface area contributed by atoms with Gasteiger partial charge in [-0.2, -0.15) is 15.8 Å². The first-order valence-corrected chi connectivity index (χ1v) is 13.0. The van der Waals surface area contributed by atoms with E-state index in [9.17, 15) is 33.4 Å².